The quantitative estimate of drug-likeness (QED) is 0.699. The third kappa shape index (κ3) is 5.12. The van der Waals surface area contributed by atoms with E-state index in [4.69, 9.17) is 0 Å². The zero-order valence-electron chi connectivity index (χ0n) is 21.1. The van der Waals surface area contributed by atoms with E-state index in [0.717, 1.165) is 90.0 Å². The number of fused-ring (bicyclic) bond motifs is 1. The molecule has 3 fully saturated rings. The summed E-state index contributed by atoms with van der Waals surface area (Å²) < 4.78 is 0. The number of benzene rings is 1. The van der Waals surface area contributed by atoms with Gasteiger partial charge in [0.2, 0.25) is 5.91 Å². The SMILES string of the molecule is O=C(c1ccnc(NC2CCN(C(=O)C3CC3)CC2)c1)N1CCC(N2CCc3ccccc3C2)CC1. The highest BCUT2D eigenvalue weighted by Gasteiger charge is 2.35. The highest BCUT2D eigenvalue weighted by molar-refractivity contribution is 5.94. The fraction of sp³-hybridized carbons (Fsp3) is 0.552. The molecular weight excluding hydrogens is 450 g/mol. The van der Waals surface area contributed by atoms with Crippen LogP contribution >= 0.6 is 0 Å². The standard InChI is InChI=1S/C29H37N5O2/c35-28(22-5-6-22)32-15-9-25(10-16-32)31-27-19-23(7-13-30-27)29(36)33-17-11-26(12-18-33)34-14-8-21-3-1-2-4-24(21)20-34/h1-4,7,13,19,22,25-26H,5-6,8-12,14-18,20H2,(H,30,31). The number of rotatable bonds is 5. The van der Waals surface area contributed by atoms with Crippen molar-refractivity contribution in [2.24, 2.45) is 5.92 Å². The second kappa shape index (κ2) is 10.2. The molecule has 1 saturated carbocycles. The summed E-state index contributed by atoms with van der Waals surface area (Å²) in [6.45, 7) is 5.37. The van der Waals surface area contributed by atoms with Gasteiger partial charge >= 0.3 is 0 Å². The number of piperidine rings is 2. The number of nitrogens with one attached hydrogen (secondary N) is 1. The lowest BCUT2D eigenvalue weighted by molar-refractivity contribution is -0.133. The zero-order valence-corrected chi connectivity index (χ0v) is 21.1. The van der Waals surface area contributed by atoms with Crippen LogP contribution in [-0.2, 0) is 17.8 Å². The minimum atomic E-state index is 0.104. The number of pyridine rings is 1. The third-order valence-corrected chi connectivity index (χ3v) is 8.52. The molecule has 3 aliphatic heterocycles. The molecule has 4 heterocycles. The summed E-state index contributed by atoms with van der Waals surface area (Å²) in [6.07, 6.45) is 8.89. The van der Waals surface area contributed by atoms with Crippen molar-refractivity contribution in [3.05, 3.63) is 59.3 Å². The van der Waals surface area contributed by atoms with Crippen molar-refractivity contribution in [2.45, 2.75) is 63.6 Å². The van der Waals surface area contributed by atoms with E-state index in [0.29, 0.717) is 23.4 Å². The Balaban J connectivity index is 1.00. The molecule has 1 N–H and O–H groups in total. The first-order chi connectivity index (χ1) is 17.6. The second-order valence-electron chi connectivity index (χ2n) is 11.0. The highest BCUT2D eigenvalue weighted by Crippen LogP contribution is 2.32. The van der Waals surface area contributed by atoms with Crippen LogP contribution in [0.25, 0.3) is 0 Å². The molecule has 2 saturated heterocycles. The van der Waals surface area contributed by atoms with Crippen molar-refractivity contribution in [3.63, 3.8) is 0 Å². The zero-order chi connectivity index (χ0) is 24.5. The maximum Gasteiger partial charge on any atom is 0.254 e. The molecule has 7 nitrogen and oxygen atoms in total. The molecule has 0 bridgehead atoms. The number of amides is 2. The van der Waals surface area contributed by atoms with E-state index in [1.165, 1.54) is 11.1 Å². The Morgan fingerprint density at radius 1 is 0.833 bits per heavy atom. The van der Waals surface area contributed by atoms with Crippen LogP contribution < -0.4 is 5.32 Å². The van der Waals surface area contributed by atoms with Crippen molar-refractivity contribution in [1.29, 1.82) is 0 Å². The molecule has 6 rings (SSSR count). The largest absolute Gasteiger partial charge is 0.367 e. The van der Waals surface area contributed by atoms with E-state index in [-0.39, 0.29) is 11.9 Å². The maximum atomic E-state index is 13.3. The van der Waals surface area contributed by atoms with Crippen LogP contribution in [0.4, 0.5) is 5.82 Å². The molecule has 0 atom stereocenters. The smallest absolute Gasteiger partial charge is 0.254 e. The molecule has 0 spiro atoms. The summed E-state index contributed by atoms with van der Waals surface area (Å²) in [4.78, 5) is 36.7. The molecular formula is C29H37N5O2. The number of nitrogens with zero attached hydrogens (tertiary/aromatic N) is 4. The second-order valence-corrected chi connectivity index (χ2v) is 11.0. The number of carbonyl (C=O) groups excluding carboxylic acids is 2. The number of hydrogen-bond donors (Lipinski definition) is 1. The lowest BCUT2D eigenvalue weighted by Crippen LogP contribution is -2.48. The lowest BCUT2D eigenvalue weighted by atomic mass is 9.95. The van der Waals surface area contributed by atoms with E-state index >= 15 is 0 Å². The molecule has 36 heavy (non-hydrogen) atoms. The summed E-state index contributed by atoms with van der Waals surface area (Å²) in [6, 6.07) is 13.4. The van der Waals surface area contributed by atoms with E-state index in [1.807, 2.05) is 21.9 Å². The van der Waals surface area contributed by atoms with Gasteiger partial charge in [0.1, 0.15) is 5.82 Å². The number of hydrogen-bond acceptors (Lipinski definition) is 5. The number of likely N-dealkylation sites (tertiary alicyclic amines) is 2. The van der Waals surface area contributed by atoms with Gasteiger partial charge in [-0.2, -0.15) is 0 Å². The average molecular weight is 488 g/mol. The Hall–Kier alpha value is -2.93. The first-order valence-electron chi connectivity index (χ1n) is 13.8. The highest BCUT2D eigenvalue weighted by atomic mass is 16.2. The lowest BCUT2D eigenvalue weighted by Gasteiger charge is -2.40. The molecule has 7 heteroatoms. The fourth-order valence-corrected chi connectivity index (χ4v) is 6.13. The Bertz CT molecular complexity index is 1100. The van der Waals surface area contributed by atoms with Crippen LogP contribution in [0.5, 0.6) is 0 Å². The summed E-state index contributed by atoms with van der Waals surface area (Å²) in [5, 5.41) is 3.52. The monoisotopic (exact) mass is 487 g/mol. The third-order valence-electron chi connectivity index (χ3n) is 8.52. The normalized spacial score (nSPS) is 21.8. The molecule has 190 valence electrons. The van der Waals surface area contributed by atoms with E-state index < -0.39 is 0 Å². The van der Waals surface area contributed by atoms with Crippen molar-refractivity contribution >= 4 is 17.6 Å². The Labute approximate surface area is 213 Å². The Morgan fingerprint density at radius 2 is 1.56 bits per heavy atom. The van der Waals surface area contributed by atoms with Gasteiger partial charge in [0, 0.05) is 69.0 Å². The predicted octanol–water partition coefficient (Wildman–Crippen LogP) is 3.56. The molecule has 1 aromatic heterocycles. The maximum absolute atomic E-state index is 13.3. The van der Waals surface area contributed by atoms with Crippen LogP contribution in [0.1, 0.15) is 60.0 Å². The van der Waals surface area contributed by atoms with Gasteiger partial charge in [-0.1, -0.05) is 24.3 Å². The molecule has 2 amide bonds. The van der Waals surface area contributed by atoms with Gasteiger partial charge in [0.05, 0.1) is 0 Å². The molecule has 1 aliphatic carbocycles. The molecule has 2 aromatic rings. The van der Waals surface area contributed by atoms with Crippen molar-refractivity contribution < 1.29 is 9.59 Å². The van der Waals surface area contributed by atoms with Crippen LogP contribution in [-0.4, -0.2) is 76.3 Å². The van der Waals surface area contributed by atoms with Gasteiger partial charge < -0.3 is 15.1 Å². The predicted molar refractivity (Wildman–Crippen MR) is 140 cm³/mol. The van der Waals surface area contributed by atoms with Gasteiger partial charge in [0.25, 0.3) is 5.91 Å². The fourth-order valence-electron chi connectivity index (χ4n) is 6.13. The van der Waals surface area contributed by atoms with Gasteiger partial charge in [0.15, 0.2) is 0 Å². The number of aromatic nitrogens is 1. The summed E-state index contributed by atoms with van der Waals surface area (Å²) >= 11 is 0. The average Bonchev–Trinajstić information content (AvgIpc) is 3.78. The van der Waals surface area contributed by atoms with E-state index in [9.17, 15) is 9.59 Å². The van der Waals surface area contributed by atoms with Crippen LogP contribution in [0.3, 0.4) is 0 Å². The Morgan fingerprint density at radius 3 is 2.31 bits per heavy atom. The van der Waals surface area contributed by atoms with Crippen LogP contribution in [0.2, 0.25) is 0 Å². The molecule has 0 radical (unpaired) electrons. The number of anilines is 1. The first kappa shape index (κ1) is 23.5. The summed E-state index contributed by atoms with van der Waals surface area (Å²) in [7, 11) is 0. The van der Waals surface area contributed by atoms with E-state index in [1.54, 1.807) is 6.20 Å². The van der Waals surface area contributed by atoms with Crippen molar-refractivity contribution in [3.8, 4) is 0 Å². The van der Waals surface area contributed by atoms with Gasteiger partial charge in [-0.3, -0.25) is 14.5 Å². The van der Waals surface area contributed by atoms with Gasteiger partial charge in [-0.25, -0.2) is 4.98 Å². The van der Waals surface area contributed by atoms with Crippen LogP contribution in [0.15, 0.2) is 42.6 Å². The van der Waals surface area contributed by atoms with E-state index in [2.05, 4.69) is 39.5 Å². The summed E-state index contributed by atoms with van der Waals surface area (Å²) in [5.41, 5.74) is 3.65. The van der Waals surface area contributed by atoms with Gasteiger partial charge in [-0.15, -0.1) is 0 Å². The first-order valence-corrected chi connectivity index (χ1v) is 13.8. The van der Waals surface area contributed by atoms with Crippen molar-refractivity contribution in [2.75, 3.05) is 38.0 Å². The molecule has 0 unspecified atom stereocenters. The minimum absolute atomic E-state index is 0.104. The minimum Gasteiger partial charge on any atom is -0.367 e. The van der Waals surface area contributed by atoms with Crippen LogP contribution in [0, 0.1) is 5.92 Å². The number of carbonyl (C=O) groups is 2. The Kier molecular flexibility index (Phi) is 6.65. The van der Waals surface area contributed by atoms with Crippen molar-refractivity contribution in [1.82, 2.24) is 19.7 Å². The topological polar surface area (TPSA) is 68.8 Å². The molecule has 4 aliphatic rings. The van der Waals surface area contributed by atoms with Gasteiger partial charge in [-0.05, 0) is 68.2 Å². The molecule has 1 aromatic carbocycles. The summed E-state index contributed by atoms with van der Waals surface area (Å²) in [5.74, 6) is 1.50.